The Balaban J connectivity index is 0.00000172. The van der Waals surface area contributed by atoms with Gasteiger partial charge in [-0.2, -0.15) is 5.26 Å². The number of amides is 1. The van der Waals surface area contributed by atoms with Crippen LogP contribution in [0.15, 0.2) is 54.7 Å². The van der Waals surface area contributed by atoms with Crippen LogP contribution in [0.2, 0.25) is 0 Å². The van der Waals surface area contributed by atoms with Crippen LogP contribution in [0.5, 0.6) is 0 Å². The van der Waals surface area contributed by atoms with Gasteiger partial charge in [0.15, 0.2) is 11.5 Å². The van der Waals surface area contributed by atoms with E-state index in [-0.39, 0.29) is 24.2 Å². The van der Waals surface area contributed by atoms with Gasteiger partial charge in [-0.3, -0.25) is 4.79 Å². The van der Waals surface area contributed by atoms with E-state index in [2.05, 4.69) is 27.9 Å². The van der Waals surface area contributed by atoms with Gasteiger partial charge in [-0.15, -0.1) is 0 Å². The second kappa shape index (κ2) is 12.1. The molecule has 0 radical (unpaired) electrons. The monoisotopic (exact) mass is 525 g/mol. The van der Waals surface area contributed by atoms with Gasteiger partial charge >= 0.3 is 0 Å². The zero-order valence-corrected chi connectivity index (χ0v) is 22.5. The highest BCUT2D eigenvalue weighted by Crippen LogP contribution is 2.48. The summed E-state index contributed by atoms with van der Waals surface area (Å²) in [5.74, 6) is -0.433. The third kappa shape index (κ3) is 6.27. The lowest BCUT2D eigenvalue weighted by Crippen LogP contribution is -2.30. The Labute approximate surface area is 227 Å². The van der Waals surface area contributed by atoms with Crippen LogP contribution in [-0.4, -0.2) is 34.0 Å². The lowest BCUT2D eigenvalue weighted by atomic mass is 9.92. The van der Waals surface area contributed by atoms with Gasteiger partial charge in [-0.25, -0.2) is 19.3 Å². The summed E-state index contributed by atoms with van der Waals surface area (Å²) in [7, 11) is 0. The van der Waals surface area contributed by atoms with Crippen molar-refractivity contribution in [2.45, 2.75) is 51.8 Å². The van der Waals surface area contributed by atoms with Crippen molar-refractivity contribution in [1.82, 2.24) is 20.3 Å². The van der Waals surface area contributed by atoms with E-state index >= 15 is 0 Å². The lowest BCUT2D eigenvalue weighted by molar-refractivity contribution is 0.0952. The normalized spacial score (nSPS) is 17.8. The van der Waals surface area contributed by atoms with E-state index in [9.17, 15) is 14.4 Å². The molecule has 8 heteroatoms. The molecule has 2 aromatic heterocycles. The maximum absolute atomic E-state index is 14.5. The summed E-state index contributed by atoms with van der Waals surface area (Å²) in [6, 6.07) is 13.0. The molecule has 1 aliphatic heterocycles. The minimum atomic E-state index is -1.42. The van der Waals surface area contributed by atoms with Gasteiger partial charge in [0.1, 0.15) is 0 Å². The molecule has 5 rings (SSSR count). The van der Waals surface area contributed by atoms with Crippen molar-refractivity contribution in [3.05, 3.63) is 87.8 Å². The van der Waals surface area contributed by atoms with Crippen molar-refractivity contribution >= 4 is 18.1 Å². The number of pyridine rings is 1. The number of rotatable bonds is 6. The number of ether oxygens (including phenoxy) is 1. The molecule has 1 atom stereocenters. The van der Waals surface area contributed by atoms with E-state index in [0.717, 1.165) is 16.3 Å². The number of hydrogen-bond acceptors (Lipinski definition) is 6. The van der Waals surface area contributed by atoms with Crippen LogP contribution in [0.25, 0.3) is 23.5 Å². The highest BCUT2D eigenvalue weighted by molar-refractivity contribution is 5.94. The number of carbonyl (C=O) groups excluding carboxylic acids is 1. The number of aromatic nitrogens is 3. The van der Waals surface area contributed by atoms with Crippen LogP contribution < -0.4 is 15.9 Å². The van der Waals surface area contributed by atoms with Crippen molar-refractivity contribution in [3.63, 3.8) is 0 Å². The van der Waals surface area contributed by atoms with Crippen molar-refractivity contribution in [2.75, 3.05) is 13.2 Å². The molecule has 0 saturated heterocycles. The van der Waals surface area contributed by atoms with E-state index in [4.69, 9.17) is 9.72 Å². The van der Waals surface area contributed by atoms with E-state index in [1.807, 2.05) is 51.1 Å². The summed E-state index contributed by atoms with van der Waals surface area (Å²) >= 11 is 0. The second-order valence-corrected chi connectivity index (χ2v) is 9.29. The molecule has 3 aromatic rings. The standard InChI is InChI=1S/C29H26FN5O2.C2H6/c1-3-19-6-7-24(25-8-11-32-28(35-25)29(30)9-10-29)34-26(19)12-18(2)15-33-27(36)20-4-5-21-16-37-17-22(14-31)23(21)13-20;1-2/h3-8,11-13,22H,2,9-10,15-17H2,1H3,(H,33,36);1-2H3/b19-3-,26-12+;. The molecule has 1 aromatic carbocycles. The van der Waals surface area contributed by atoms with E-state index in [0.29, 0.717) is 53.9 Å². The number of nitrogens with one attached hydrogen (secondary N) is 1. The quantitative estimate of drug-likeness (QED) is 0.517. The lowest BCUT2D eigenvalue weighted by Gasteiger charge is -2.21. The average molecular weight is 526 g/mol. The maximum atomic E-state index is 14.5. The van der Waals surface area contributed by atoms with Gasteiger partial charge in [0.25, 0.3) is 5.91 Å². The molecular weight excluding hydrogens is 493 g/mol. The van der Waals surface area contributed by atoms with E-state index in [1.54, 1.807) is 24.4 Å². The predicted octanol–water partition coefficient (Wildman–Crippen LogP) is 4.23. The summed E-state index contributed by atoms with van der Waals surface area (Å²) in [6.07, 6.45) is 6.19. The number of benzene rings is 1. The molecule has 1 N–H and O–H groups in total. The smallest absolute Gasteiger partial charge is 0.251 e. The van der Waals surface area contributed by atoms with E-state index in [1.165, 1.54) is 0 Å². The Morgan fingerprint density at radius 2 is 2.00 bits per heavy atom. The van der Waals surface area contributed by atoms with Crippen LogP contribution in [0.4, 0.5) is 4.39 Å². The molecule has 7 nitrogen and oxygen atoms in total. The first-order chi connectivity index (χ1) is 18.9. The molecule has 3 heterocycles. The highest BCUT2D eigenvalue weighted by atomic mass is 19.1. The van der Waals surface area contributed by atoms with Crippen LogP contribution in [0, 0.1) is 11.3 Å². The zero-order valence-electron chi connectivity index (χ0n) is 22.5. The average Bonchev–Trinajstić information content (AvgIpc) is 3.74. The summed E-state index contributed by atoms with van der Waals surface area (Å²) < 4.78 is 19.9. The van der Waals surface area contributed by atoms with Crippen molar-refractivity contribution in [1.29, 1.82) is 5.26 Å². The largest absolute Gasteiger partial charge is 0.375 e. The molecule has 1 unspecified atom stereocenters. The maximum Gasteiger partial charge on any atom is 0.251 e. The molecule has 1 aliphatic carbocycles. The van der Waals surface area contributed by atoms with Gasteiger partial charge in [0, 0.05) is 18.3 Å². The molecule has 39 heavy (non-hydrogen) atoms. The molecule has 1 saturated carbocycles. The minimum Gasteiger partial charge on any atom is -0.375 e. The van der Waals surface area contributed by atoms with E-state index < -0.39 is 5.67 Å². The van der Waals surface area contributed by atoms with Gasteiger partial charge in [-0.05, 0) is 72.0 Å². The Morgan fingerprint density at radius 3 is 2.72 bits per heavy atom. The van der Waals surface area contributed by atoms with Crippen LogP contribution in [0.1, 0.15) is 66.8 Å². The third-order valence-corrected chi connectivity index (χ3v) is 6.57. The van der Waals surface area contributed by atoms with Crippen LogP contribution >= 0.6 is 0 Å². The third-order valence-electron chi connectivity index (χ3n) is 6.57. The summed E-state index contributed by atoms with van der Waals surface area (Å²) in [6.45, 7) is 11.0. The number of alkyl halides is 1. The molecule has 2 aliphatic rings. The molecule has 0 bridgehead atoms. The van der Waals surface area contributed by atoms with Gasteiger partial charge < -0.3 is 10.1 Å². The Morgan fingerprint density at radius 1 is 1.23 bits per heavy atom. The first-order valence-corrected chi connectivity index (χ1v) is 13.1. The van der Waals surface area contributed by atoms with Crippen molar-refractivity contribution in [3.8, 4) is 17.5 Å². The zero-order chi connectivity index (χ0) is 28.0. The summed E-state index contributed by atoms with van der Waals surface area (Å²) in [5, 5.41) is 13.9. The second-order valence-electron chi connectivity index (χ2n) is 9.29. The number of carbonyl (C=O) groups is 1. The van der Waals surface area contributed by atoms with Gasteiger partial charge in [0.05, 0.1) is 41.9 Å². The number of nitriles is 1. The Hall–Kier alpha value is -4.22. The van der Waals surface area contributed by atoms with Crippen LogP contribution in [-0.2, 0) is 17.0 Å². The molecule has 1 fully saturated rings. The number of hydrogen-bond donors (Lipinski definition) is 1. The number of fused-ring (bicyclic) bond motifs is 1. The SMILES string of the molecule is C=C(/C=c1/nc(-c2ccnc(C3(F)CC3)n2)cc/c1=C/C)CNC(=O)c1ccc2c(c1)C(C#N)COC2.CC. The van der Waals surface area contributed by atoms with Crippen molar-refractivity contribution in [2.24, 2.45) is 0 Å². The topological polar surface area (TPSA) is 101 Å². The molecule has 200 valence electrons. The fraction of sp³-hybridized carbons (Fsp3) is 0.323. The van der Waals surface area contributed by atoms with Gasteiger partial charge in [0.2, 0.25) is 0 Å². The van der Waals surface area contributed by atoms with Gasteiger partial charge in [-0.1, -0.05) is 38.6 Å². The first-order valence-electron chi connectivity index (χ1n) is 13.1. The minimum absolute atomic E-state index is 0.200. The highest BCUT2D eigenvalue weighted by Gasteiger charge is 2.48. The Bertz CT molecular complexity index is 1560. The molecule has 1 amide bonds. The number of halogens is 1. The summed E-state index contributed by atoms with van der Waals surface area (Å²) in [4.78, 5) is 26.1. The predicted molar refractivity (Wildman–Crippen MR) is 148 cm³/mol. The first kappa shape index (κ1) is 27.8. The summed E-state index contributed by atoms with van der Waals surface area (Å²) in [5.41, 5.74) is 2.64. The molecular formula is C31H32FN5O2. The fourth-order valence-electron chi connectivity index (χ4n) is 4.25. The number of nitrogens with zero attached hydrogens (tertiary/aromatic N) is 4. The van der Waals surface area contributed by atoms with Crippen molar-refractivity contribution < 1.29 is 13.9 Å². The fourth-order valence-corrected chi connectivity index (χ4v) is 4.25. The van der Waals surface area contributed by atoms with Crippen LogP contribution in [0.3, 0.4) is 0 Å². The Kier molecular flexibility index (Phi) is 8.62. The molecule has 0 spiro atoms.